The molecule has 2 N–H and O–H groups in total. The number of carbonyl (C=O) groups is 2. The first-order valence-corrected chi connectivity index (χ1v) is 9.80. The minimum atomic E-state index is -1.47. The van der Waals surface area contributed by atoms with E-state index in [1.807, 2.05) is 0 Å². The number of aliphatic hydroxyl groups excluding tert-OH is 1. The van der Waals surface area contributed by atoms with Crippen LogP contribution in [-0.4, -0.2) is 59.4 Å². The molecule has 0 aliphatic heterocycles. The quantitative estimate of drug-likeness (QED) is 0.306. The summed E-state index contributed by atoms with van der Waals surface area (Å²) in [5, 5.41) is 18.3. The third kappa shape index (κ3) is 14.9. The largest absolute Gasteiger partial charge is 0.479 e. The van der Waals surface area contributed by atoms with Gasteiger partial charge in [-0.15, -0.1) is 0 Å². The van der Waals surface area contributed by atoms with Gasteiger partial charge < -0.3 is 14.9 Å². The third-order valence-electron chi connectivity index (χ3n) is 4.20. The lowest BCUT2D eigenvalue weighted by atomic mass is 10.1. The second-order valence-corrected chi connectivity index (χ2v) is 6.58. The molecule has 0 aliphatic rings. The van der Waals surface area contributed by atoms with Gasteiger partial charge in [-0.1, -0.05) is 64.7 Å². The fourth-order valence-electron chi connectivity index (χ4n) is 2.77. The van der Waals surface area contributed by atoms with E-state index in [-0.39, 0.29) is 19.1 Å². The van der Waals surface area contributed by atoms with Crippen LogP contribution in [0.2, 0.25) is 0 Å². The van der Waals surface area contributed by atoms with Crippen LogP contribution in [0.5, 0.6) is 0 Å². The highest BCUT2D eigenvalue weighted by Gasteiger charge is 2.20. The van der Waals surface area contributed by atoms with Crippen molar-refractivity contribution in [2.45, 2.75) is 84.2 Å². The minimum Gasteiger partial charge on any atom is -0.479 e. The smallest absolute Gasteiger partial charge is 0.333 e. The lowest BCUT2D eigenvalue weighted by molar-refractivity contribution is -0.150. The molecule has 0 amide bonds. The maximum atomic E-state index is 11.6. The highest BCUT2D eigenvalue weighted by molar-refractivity contribution is 5.73. The molecule has 1 atom stereocenters. The Labute approximate surface area is 152 Å². The normalized spacial score (nSPS) is 12.3. The molecule has 0 radical (unpaired) electrons. The van der Waals surface area contributed by atoms with Gasteiger partial charge in [-0.2, -0.15) is 0 Å². The summed E-state index contributed by atoms with van der Waals surface area (Å²) in [6.45, 7) is 4.82. The molecule has 25 heavy (non-hydrogen) atoms. The van der Waals surface area contributed by atoms with Crippen LogP contribution in [0.3, 0.4) is 0 Å². The Balaban J connectivity index is 3.89. The topological polar surface area (TPSA) is 87.1 Å². The minimum absolute atomic E-state index is 0.0234. The Bertz CT molecular complexity index is 349. The predicted molar refractivity (Wildman–Crippen MR) is 98.6 cm³/mol. The highest BCUT2D eigenvalue weighted by Crippen LogP contribution is 2.11. The summed E-state index contributed by atoms with van der Waals surface area (Å²) in [5.41, 5.74) is 0. The molecule has 0 bridgehead atoms. The summed E-state index contributed by atoms with van der Waals surface area (Å²) in [7, 11) is 0. The number of carboxylic acid groups (broad SMARTS) is 1. The van der Waals surface area contributed by atoms with E-state index in [4.69, 9.17) is 9.84 Å². The summed E-state index contributed by atoms with van der Waals surface area (Å²) in [6.07, 6.45) is 10.7. The zero-order chi connectivity index (χ0) is 18.9. The maximum absolute atomic E-state index is 11.6. The van der Waals surface area contributed by atoms with Crippen molar-refractivity contribution in [3.8, 4) is 0 Å². The molecule has 0 aromatic carbocycles. The van der Waals surface area contributed by atoms with Gasteiger partial charge in [0.15, 0.2) is 6.10 Å². The van der Waals surface area contributed by atoms with Gasteiger partial charge in [0, 0.05) is 6.54 Å². The number of nitrogens with zero attached hydrogens (tertiary/aromatic N) is 1. The van der Waals surface area contributed by atoms with Crippen molar-refractivity contribution in [3.63, 3.8) is 0 Å². The van der Waals surface area contributed by atoms with E-state index in [2.05, 4.69) is 6.92 Å². The van der Waals surface area contributed by atoms with Gasteiger partial charge in [0.2, 0.25) is 0 Å². The number of ether oxygens (including phenoxy) is 1. The number of aliphatic hydroxyl groups is 1. The molecule has 0 aliphatic carbocycles. The van der Waals surface area contributed by atoms with Crippen LogP contribution in [0.25, 0.3) is 0 Å². The van der Waals surface area contributed by atoms with Crippen LogP contribution < -0.4 is 0 Å². The molecule has 0 aromatic heterocycles. The lowest BCUT2D eigenvalue weighted by Gasteiger charge is -2.22. The Morgan fingerprint density at radius 3 is 1.92 bits per heavy atom. The third-order valence-corrected chi connectivity index (χ3v) is 4.20. The van der Waals surface area contributed by atoms with Gasteiger partial charge in [-0.3, -0.25) is 9.69 Å². The SMILES string of the molecule is CCCCCCCCCCCCN(CC(=O)OCC)CC(O)C(=O)O. The Morgan fingerprint density at radius 2 is 1.44 bits per heavy atom. The van der Waals surface area contributed by atoms with Crippen LogP contribution in [0.1, 0.15) is 78.1 Å². The van der Waals surface area contributed by atoms with E-state index in [1.165, 1.54) is 44.9 Å². The standard InChI is InChI=1S/C19H37NO5/c1-3-5-6-7-8-9-10-11-12-13-14-20(15-17(21)19(23)24)16-18(22)25-4-2/h17,21H,3-16H2,1-2H3,(H,23,24). The van der Waals surface area contributed by atoms with E-state index in [1.54, 1.807) is 11.8 Å². The van der Waals surface area contributed by atoms with Gasteiger partial charge in [0.05, 0.1) is 13.2 Å². The van der Waals surface area contributed by atoms with Crippen molar-refractivity contribution in [2.75, 3.05) is 26.2 Å². The molecule has 0 saturated heterocycles. The van der Waals surface area contributed by atoms with Gasteiger partial charge in [0.1, 0.15) is 0 Å². The molecule has 6 heteroatoms. The summed E-state index contributed by atoms with van der Waals surface area (Å²) < 4.78 is 4.90. The van der Waals surface area contributed by atoms with E-state index in [0.717, 1.165) is 19.3 Å². The molecule has 148 valence electrons. The average Bonchev–Trinajstić information content (AvgIpc) is 2.56. The second kappa shape index (κ2) is 16.3. The average molecular weight is 360 g/mol. The van der Waals surface area contributed by atoms with E-state index in [0.29, 0.717) is 13.2 Å². The van der Waals surface area contributed by atoms with Crippen molar-refractivity contribution in [1.82, 2.24) is 4.90 Å². The summed E-state index contributed by atoms with van der Waals surface area (Å²) in [6, 6.07) is 0. The van der Waals surface area contributed by atoms with Crippen molar-refractivity contribution >= 4 is 11.9 Å². The molecular weight excluding hydrogens is 322 g/mol. The van der Waals surface area contributed by atoms with Crippen molar-refractivity contribution in [1.29, 1.82) is 0 Å². The van der Waals surface area contributed by atoms with Gasteiger partial charge in [0.25, 0.3) is 0 Å². The Hall–Kier alpha value is -1.14. The Kier molecular flexibility index (Phi) is 15.6. The first-order chi connectivity index (χ1) is 12.0. The number of carbonyl (C=O) groups excluding carboxylic acids is 1. The fraction of sp³-hybridized carbons (Fsp3) is 0.895. The molecule has 0 fully saturated rings. The zero-order valence-corrected chi connectivity index (χ0v) is 16.0. The molecule has 0 saturated carbocycles. The number of unbranched alkanes of at least 4 members (excludes halogenated alkanes) is 9. The molecule has 0 aromatic rings. The predicted octanol–water partition coefficient (Wildman–Crippen LogP) is 3.22. The lowest BCUT2D eigenvalue weighted by Crippen LogP contribution is -2.40. The first kappa shape index (κ1) is 23.9. The molecule has 0 rings (SSSR count). The van der Waals surface area contributed by atoms with E-state index < -0.39 is 12.1 Å². The van der Waals surface area contributed by atoms with Gasteiger partial charge >= 0.3 is 11.9 Å². The number of carboxylic acids is 1. The monoisotopic (exact) mass is 359 g/mol. The van der Waals surface area contributed by atoms with Gasteiger partial charge in [-0.25, -0.2) is 4.79 Å². The van der Waals surface area contributed by atoms with Crippen LogP contribution in [0.15, 0.2) is 0 Å². The first-order valence-electron chi connectivity index (χ1n) is 9.80. The fourth-order valence-corrected chi connectivity index (χ4v) is 2.77. The summed E-state index contributed by atoms with van der Waals surface area (Å²) in [4.78, 5) is 24.1. The van der Waals surface area contributed by atoms with Crippen LogP contribution in [0, 0.1) is 0 Å². The summed E-state index contributed by atoms with van der Waals surface area (Å²) in [5.74, 6) is -1.65. The van der Waals surface area contributed by atoms with Crippen molar-refractivity contribution in [3.05, 3.63) is 0 Å². The molecular formula is C19H37NO5. The summed E-state index contributed by atoms with van der Waals surface area (Å²) >= 11 is 0. The van der Waals surface area contributed by atoms with Crippen LogP contribution in [-0.2, 0) is 14.3 Å². The molecule has 0 spiro atoms. The van der Waals surface area contributed by atoms with Gasteiger partial charge in [-0.05, 0) is 19.9 Å². The Morgan fingerprint density at radius 1 is 0.920 bits per heavy atom. The number of hydrogen-bond acceptors (Lipinski definition) is 5. The van der Waals surface area contributed by atoms with E-state index >= 15 is 0 Å². The molecule has 6 nitrogen and oxygen atoms in total. The number of aliphatic carboxylic acids is 1. The number of esters is 1. The maximum Gasteiger partial charge on any atom is 0.333 e. The second-order valence-electron chi connectivity index (χ2n) is 6.58. The van der Waals surface area contributed by atoms with Crippen molar-refractivity contribution < 1.29 is 24.5 Å². The van der Waals surface area contributed by atoms with Crippen molar-refractivity contribution in [2.24, 2.45) is 0 Å². The zero-order valence-electron chi connectivity index (χ0n) is 16.0. The van der Waals surface area contributed by atoms with Crippen LogP contribution in [0.4, 0.5) is 0 Å². The van der Waals surface area contributed by atoms with E-state index in [9.17, 15) is 14.7 Å². The molecule has 1 unspecified atom stereocenters. The number of rotatable bonds is 17. The molecule has 0 heterocycles. The highest BCUT2D eigenvalue weighted by atomic mass is 16.5. The van der Waals surface area contributed by atoms with Crippen LogP contribution >= 0.6 is 0 Å². The number of hydrogen-bond donors (Lipinski definition) is 2.